The second-order valence-electron chi connectivity index (χ2n) is 6.91. The van der Waals surface area contributed by atoms with E-state index >= 15 is 0 Å². The van der Waals surface area contributed by atoms with E-state index in [0.717, 1.165) is 28.6 Å². The van der Waals surface area contributed by atoms with Crippen LogP contribution in [0.2, 0.25) is 0 Å². The van der Waals surface area contributed by atoms with Gasteiger partial charge in [0.1, 0.15) is 0 Å². The van der Waals surface area contributed by atoms with Crippen LogP contribution in [-0.2, 0) is 4.79 Å². The number of amides is 1. The van der Waals surface area contributed by atoms with Crippen LogP contribution in [0.25, 0.3) is 0 Å². The van der Waals surface area contributed by atoms with Crippen LogP contribution in [0.5, 0.6) is 0 Å². The Morgan fingerprint density at radius 1 is 0.917 bits per heavy atom. The lowest BCUT2D eigenvalue weighted by Crippen LogP contribution is -3.00. The summed E-state index contributed by atoms with van der Waals surface area (Å²) in [5, 5.41) is 3.10. The molecule has 1 amide bonds. The minimum Gasteiger partial charge on any atom is -1.00 e. The molecule has 3 nitrogen and oxygen atoms in total. The number of rotatable bonds is 7. The lowest BCUT2D eigenvalue weighted by molar-refractivity contribution is -0.870. The van der Waals surface area contributed by atoms with Gasteiger partial charge in [-0.15, -0.1) is 0 Å². The number of benzene rings is 2. The number of halogens is 1. The van der Waals surface area contributed by atoms with E-state index in [4.69, 9.17) is 0 Å². The Labute approximate surface area is 162 Å². The topological polar surface area (TPSA) is 29.1 Å². The van der Waals surface area contributed by atoms with Gasteiger partial charge in [-0.05, 0) is 11.1 Å². The van der Waals surface area contributed by atoms with Crippen LogP contribution < -0.4 is 29.3 Å². The van der Waals surface area contributed by atoms with E-state index in [9.17, 15) is 4.79 Å². The maximum Gasteiger partial charge on any atom is 0.232 e. The summed E-state index contributed by atoms with van der Waals surface area (Å²) in [6, 6.07) is 19.9. The van der Waals surface area contributed by atoms with E-state index in [2.05, 4.69) is 26.5 Å². The third-order valence-corrected chi connectivity index (χ3v) is 3.83. The van der Waals surface area contributed by atoms with Gasteiger partial charge in [-0.2, -0.15) is 0 Å². The number of hydrogen-bond acceptors (Lipinski definition) is 1. The number of nitrogens with one attached hydrogen (secondary N) is 1. The summed E-state index contributed by atoms with van der Waals surface area (Å²) in [5.74, 6) is -0.176. The summed E-state index contributed by atoms with van der Waals surface area (Å²) in [6.07, 6.45) is 0.978. The molecule has 0 aliphatic rings. The first-order valence-electron chi connectivity index (χ1n) is 8.15. The molecule has 0 radical (unpaired) electrons. The molecule has 0 spiro atoms. The molecule has 0 unspecified atom stereocenters. The van der Waals surface area contributed by atoms with Crippen molar-refractivity contribution < 1.29 is 33.3 Å². The predicted molar refractivity (Wildman–Crippen MR) is 95.3 cm³/mol. The fourth-order valence-corrected chi connectivity index (χ4v) is 2.65. The zero-order valence-corrected chi connectivity index (χ0v) is 16.9. The maximum atomic E-state index is 12.8. The molecule has 0 fully saturated rings. The summed E-state index contributed by atoms with van der Waals surface area (Å²) in [7, 11) is 6.50. The fourth-order valence-electron chi connectivity index (χ4n) is 2.65. The van der Waals surface area contributed by atoms with E-state index < -0.39 is 0 Å². The molecule has 130 valence electrons. The lowest BCUT2D eigenvalue weighted by Gasteiger charge is -2.24. The predicted octanol–water partition coefficient (Wildman–Crippen LogP) is 0.0350. The zero-order valence-electron chi connectivity index (χ0n) is 14.7. The lowest BCUT2D eigenvalue weighted by atomic mass is 9.90. The second kappa shape index (κ2) is 9.79. The van der Waals surface area contributed by atoms with E-state index in [1.54, 1.807) is 0 Å². The molecule has 24 heavy (non-hydrogen) atoms. The highest BCUT2D eigenvalue weighted by Gasteiger charge is 2.22. The second-order valence-corrected chi connectivity index (χ2v) is 6.91. The molecule has 4 heteroatoms. The quantitative estimate of drug-likeness (QED) is 0.369. The van der Waals surface area contributed by atoms with Crippen molar-refractivity contribution in [1.82, 2.24) is 5.32 Å². The first-order valence-corrected chi connectivity index (χ1v) is 8.15. The number of quaternary nitrogens is 1. The van der Waals surface area contributed by atoms with E-state index in [-0.39, 0.29) is 35.8 Å². The van der Waals surface area contributed by atoms with E-state index in [1.807, 2.05) is 60.7 Å². The van der Waals surface area contributed by atoms with Crippen LogP contribution in [0.4, 0.5) is 0 Å². The molecule has 1 N–H and O–H groups in total. The molecule has 2 aromatic rings. The van der Waals surface area contributed by atoms with Gasteiger partial charge in [-0.3, -0.25) is 4.79 Å². The number of carbonyl (C=O) groups is 1. The molecule has 2 rings (SSSR count). The van der Waals surface area contributed by atoms with Gasteiger partial charge in [0.2, 0.25) is 5.91 Å². The van der Waals surface area contributed by atoms with Gasteiger partial charge in [0.25, 0.3) is 0 Å². The molecule has 0 aliphatic heterocycles. The van der Waals surface area contributed by atoms with Gasteiger partial charge in [0, 0.05) is 13.0 Å². The van der Waals surface area contributed by atoms with Crippen LogP contribution in [0.1, 0.15) is 23.5 Å². The molecule has 0 saturated carbocycles. The van der Waals surface area contributed by atoms with Crippen molar-refractivity contribution in [2.75, 3.05) is 34.2 Å². The van der Waals surface area contributed by atoms with Crippen molar-refractivity contribution >= 4 is 5.91 Å². The summed E-state index contributed by atoms with van der Waals surface area (Å²) >= 11 is 0. The van der Waals surface area contributed by atoms with Crippen LogP contribution in [0, 0.1) is 0 Å². The molecule has 0 aliphatic carbocycles. The molecule has 0 atom stereocenters. The van der Waals surface area contributed by atoms with Gasteiger partial charge >= 0.3 is 0 Å². The summed E-state index contributed by atoms with van der Waals surface area (Å²) in [4.78, 5) is 12.8. The van der Waals surface area contributed by atoms with Crippen molar-refractivity contribution in [3.05, 3.63) is 71.8 Å². The number of hydrogen-bond donors (Lipinski definition) is 1. The highest BCUT2D eigenvalue weighted by Crippen LogP contribution is 2.24. The Hall–Kier alpha value is -1.40. The highest BCUT2D eigenvalue weighted by molar-refractivity contribution is 5.87. The average Bonchev–Trinajstić information content (AvgIpc) is 2.53. The molecule has 0 heterocycles. The number of carbonyl (C=O) groups excluding carboxylic acids is 1. The van der Waals surface area contributed by atoms with Crippen molar-refractivity contribution in [1.29, 1.82) is 0 Å². The molecular weight excluding hydrogens is 411 g/mol. The van der Waals surface area contributed by atoms with E-state index in [1.165, 1.54) is 0 Å². The van der Waals surface area contributed by atoms with E-state index in [0.29, 0.717) is 6.54 Å². The summed E-state index contributed by atoms with van der Waals surface area (Å²) in [6.45, 7) is 1.76. The van der Waals surface area contributed by atoms with Crippen molar-refractivity contribution in [2.24, 2.45) is 0 Å². The zero-order chi connectivity index (χ0) is 16.7. The molecule has 0 bridgehead atoms. The first-order chi connectivity index (χ1) is 11.0. The minimum absolute atomic E-state index is 0. The molecule has 0 aromatic heterocycles. The molecule has 0 saturated heterocycles. The third-order valence-electron chi connectivity index (χ3n) is 3.83. The average molecular weight is 438 g/mol. The molecular formula is C20H27IN2O. The van der Waals surface area contributed by atoms with Crippen LogP contribution in [0.15, 0.2) is 60.7 Å². The van der Waals surface area contributed by atoms with Gasteiger partial charge in [-0.25, -0.2) is 0 Å². The smallest absolute Gasteiger partial charge is 0.232 e. The van der Waals surface area contributed by atoms with Gasteiger partial charge in [0.15, 0.2) is 0 Å². The van der Waals surface area contributed by atoms with Crippen molar-refractivity contribution in [3.8, 4) is 0 Å². The minimum atomic E-state index is -0.249. The Kier molecular flexibility index (Phi) is 8.42. The van der Waals surface area contributed by atoms with Crippen LogP contribution in [-0.4, -0.2) is 44.6 Å². The highest BCUT2D eigenvalue weighted by atomic mass is 127. The van der Waals surface area contributed by atoms with Crippen molar-refractivity contribution in [2.45, 2.75) is 12.3 Å². The summed E-state index contributed by atoms with van der Waals surface area (Å²) in [5.41, 5.74) is 2.06. The standard InChI is InChI=1S/C20H26N2O.HI/c1-22(2,3)16-10-15-21-20(23)19(17-11-6-4-7-12-17)18-13-8-5-9-14-18;/h4-9,11-14,19H,10,15-16H2,1-3H3;1H. The Bertz CT molecular complexity index is 569. The van der Waals surface area contributed by atoms with Crippen LogP contribution >= 0.6 is 0 Å². The summed E-state index contributed by atoms with van der Waals surface area (Å²) < 4.78 is 0.913. The third kappa shape index (κ3) is 6.61. The fraction of sp³-hybridized carbons (Fsp3) is 0.350. The maximum absolute atomic E-state index is 12.8. The monoisotopic (exact) mass is 438 g/mol. The Morgan fingerprint density at radius 2 is 1.38 bits per heavy atom. The Balaban J connectivity index is 0.00000288. The number of nitrogens with zero attached hydrogens (tertiary/aromatic N) is 1. The van der Waals surface area contributed by atoms with Gasteiger partial charge in [0.05, 0.1) is 33.6 Å². The van der Waals surface area contributed by atoms with Crippen molar-refractivity contribution in [3.63, 3.8) is 0 Å². The van der Waals surface area contributed by atoms with Crippen LogP contribution in [0.3, 0.4) is 0 Å². The van der Waals surface area contributed by atoms with Gasteiger partial charge < -0.3 is 33.8 Å². The Morgan fingerprint density at radius 3 is 1.79 bits per heavy atom. The van der Waals surface area contributed by atoms with Gasteiger partial charge in [-0.1, -0.05) is 60.7 Å². The normalized spacial score (nSPS) is 11.0. The molecule has 2 aromatic carbocycles. The SMILES string of the molecule is C[N+](C)(C)CCCNC(=O)C(c1ccccc1)c1ccccc1.[I-]. The largest absolute Gasteiger partial charge is 1.00 e. The first kappa shape index (κ1) is 20.6.